The van der Waals surface area contributed by atoms with Crippen LogP contribution in [0.5, 0.6) is 0 Å². The Labute approximate surface area is 173 Å². The van der Waals surface area contributed by atoms with E-state index in [-0.39, 0.29) is 23.7 Å². The Bertz CT molecular complexity index is 1040. The molecule has 1 aliphatic heterocycles. The third-order valence-electron chi connectivity index (χ3n) is 4.77. The van der Waals surface area contributed by atoms with Crippen molar-refractivity contribution < 1.29 is 9.53 Å². The number of hydrogen-bond acceptors (Lipinski definition) is 7. The van der Waals surface area contributed by atoms with Gasteiger partial charge in [0.2, 0.25) is 0 Å². The SMILES string of the molecule is Nc1ncc(-c2cccc(Cl)c2)nc1C(=O)Cc1cnccc1N1CCOCC1. The van der Waals surface area contributed by atoms with Gasteiger partial charge in [0, 0.05) is 53.7 Å². The van der Waals surface area contributed by atoms with Gasteiger partial charge in [-0.1, -0.05) is 23.7 Å². The number of morpholine rings is 1. The first kappa shape index (κ1) is 19.3. The van der Waals surface area contributed by atoms with Gasteiger partial charge in [-0.2, -0.15) is 0 Å². The van der Waals surface area contributed by atoms with Crippen LogP contribution < -0.4 is 10.6 Å². The van der Waals surface area contributed by atoms with E-state index in [9.17, 15) is 4.79 Å². The number of pyridine rings is 1. The molecule has 1 saturated heterocycles. The van der Waals surface area contributed by atoms with E-state index in [1.54, 1.807) is 30.7 Å². The molecule has 2 N–H and O–H groups in total. The molecule has 0 spiro atoms. The van der Waals surface area contributed by atoms with Crippen LogP contribution in [0.3, 0.4) is 0 Å². The number of aromatic nitrogens is 3. The smallest absolute Gasteiger partial charge is 0.189 e. The molecule has 0 unspecified atom stereocenters. The molecular formula is C21H20ClN5O2. The van der Waals surface area contributed by atoms with Crippen LogP contribution in [0.15, 0.2) is 48.9 Å². The number of nitrogens with two attached hydrogens (primary N) is 1. The summed E-state index contributed by atoms with van der Waals surface area (Å²) in [6.45, 7) is 2.88. The minimum absolute atomic E-state index is 0.109. The van der Waals surface area contributed by atoms with Crippen molar-refractivity contribution in [3.05, 3.63) is 65.2 Å². The van der Waals surface area contributed by atoms with Crippen molar-refractivity contribution in [2.75, 3.05) is 36.9 Å². The van der Waals surface area contributed by atoms with Gasteiger partial charge in [-0.05, 0) is 18.2 Å². The summed E-state index contributed by atoms with van der Waals surface area (Å²) in [5.41, 5.74) is 9.25. The quantitative estimate of drug-likeness (QED) is 0.647. The van der Waals surface area contributed by atoms with Crippen LogP contribution in [0, 0.1) is 0 Å². The Hall–Kier alpha value is -3.03. The highest BCUT2D eigenvalue weighted by molar-refractivity contribution is 6.30. The number of hydrogen-bond donors (Lipinski definition) is 1. The molecule has 1 aromatic carbocycles. The maximum atomic E-state index is 13.0. The van der Waals surface area contributed by atoms with E-state index in [1.807, 2.05) is 18.2 Å². The number of rotatable bonds is 5. The highest BCUT2D eigenvalue weighted by Crippen LogP contribution is 2.25. The maximum Gasteiger partial charge on any atom is 0.189 e. The van der Waals surface area contributed by atoms with Crippen LogP contribution in [0.25, 0.3) is 11.3 Å². The first-order valence-electron chi connectivity index (χ1n) is 9.29. The van der Waals surface area contributed by atoms with Crippen LogP contribution >= 0.6 is 11.6 Å². The number of carbonyl (C=O) groups excluding carboxylic acids is 1. The zero-order valence-corrected chi connectivity index (χ0v) is 16.5. The lowest BCUT2D eigenvalue weighted by Crippen LogP contribution is -2.37. The van der Waals surface area contributed by atoms with Crippen molar-refractivity contribution in [1.29, 1.82) is 0 Å². The average Bonchev–Trinajstić information content (AvgIpc) is 2.75. The van der Waals surface area contributed by atoms with Gasteiger partial charge in [-0.25, -0.2) is 9.97 Å². The van der Waals surface area contributed by atoms with E-state index in [1.165, 1.54) is 0 Å². The molecule has 3 aromatic rings. The zero-order chi connectivity index (χ0) is 20.2. The number of Topliss-reactive ketones (excluding diaryl/α,β-unsaturated/α-hetero) is 1. The topological polar surface area (TPSA) is 94.2 Å². The number of benzene rings is 1. The fraction of sp³-hybridized carbons (Fsp3) is 0.238. The standard InChI is InChI=1S/C21H20ClN5O2/c22-16-3-1-2-14(10-16)17-13-25-21(23)20(26-17)19(28)11-15-12-24-5-4-18(15)27-6-8-29-9-7-27/h1-5,10,12-13H,6-9,11H2,(H2,23,25). The third kappa shape index (κ3) is 4.36. The summed E-state index contributed by atoms with van der Waals surface area (Å²) in [6, 6.07) is 9.15. The molecule has 1 fully saturated rings. The van der Waals surface area contributed by atoms with Gasteiger partial charge in [0.1, 0.15) is 5.69 Å². The molecule has 0 aliphatic carbocycles. The van der Waals surface area contributed by atoms with Crippen molar-refractivity contribution in [3.63, 3.8) is 0 Å². The van der Waals surface area contributed by atoms with E-state index in [4.69, 9.17) is 22.1 Å². The van der Waals surface area contributed by atoms with Gasteiger partial charge in [-0.15, -0.1) is 0 Å². The molecule has 4 rings (SSSR count). The summed E-state index contributed by atoms with van der Waals surface area (Å²) in [7, 11) is 0. The fourth-order valence-electron chi connectivity index (χ4n) is 3.32. The second kappa shape index (κ2) is 8.55. The Morgan fingerprint density at radius 1 is 1.21 bits per heavy atom. The normalized spacial score (nSPS) is 14.0. The highest BCUT2D eigenvalue weighted by Gasteiger charge is 2.20. The predicted octanol–water partition coefficient (Wildman–Crippen LogP) is 3.04. The van der Waals surface area contributed by atoms with Crippen molar-refractivity contribution in [1.82, 2.24) is 15.0 Å². The molecule has 0 saturated carbocycles. The van der Waals surface area contributed by atoms with Crippen LogP contribution in [0.1, 0.15) is 16.1 Å². The van der Waals surface area contributed by atoms with Crippen LogP contribution in [0.2, 0.25) is 5.02 Å². The first-order chi connectivity index (χ1) is 14.1. The Morgan fingerprint density at radius 3 is 2.83 bits per heavy atom. The Morgan fingerprint density at radius 2 is 2.03 bits per heavy atom. The second-order valence-corrected chi connectivity index (χ2v) is 7.14. The molecule has 0 amide bonds. The largest absolute Gasteiger partial charge is 0.382 e. The minimum Gasteiger partial charge on any atom is -0.382 e. The zero-order valence-electron chi connectivity index (χ0n) is 15.7. The maximum absolute atomic E-state index is 13.0. The van der Waals surface area contributed by atoms with E-state index in [0.717, 1.165) is 29.9 Å². The minimum atomic E-state index is -0.207. The monoisotopic (exact) mass is 409 g/mol. The number of carbonyl (C=O) groups is 1. The van der Waals surface area contributed by atoms with E-state index >= 15 is 0 Å². The molecule has 7 nitrogen and oxygen atoms in total. The summed E-state index contributed by atoms with van der Waals surface area (Å²) in [4.78, 5) is 28.1. The van der Waals surface area contributed by atoms with Crippen molar-refractivity contribution in [2.45, 2.75) is 6.42 Å². The molecule has 0 radical (unpaired) electrons. The Kier molecular flexibility index (Phi) is 5.69. The summed E-state index contributed by atoms with van der Waals surface area (Å²) in [6.07, 6.45) is 5.12. The van der Waals surface area contributed by atoms with Crippen LogP contribution in [-0.4, -0.2) is 47.0 Å². The number of halogens is 1. The molecule has 1 aliphatic rings. The van der Waals surface area contributed by atoms with Gasteiger partial charge in [0.05, 0.1) is 25.1 Å². The lowest BCUT2D eigenvalue weighted by atomic mass is 10.1. The van der Waals surface area contributed by atoms with Gasteiger partial charge in [0.15, 0.2) is 11.6 Å². The van der Waals surface area contributed by atoms with Crippen LogP contribution in [-0.2, 0) is 11.2 Å². The van der Waals surface area contributed by atoms with E-state index < -0.39 is 0 Å². The van der Waals surface area contributed by atoms with Crippen LogP contribution in [0.4, 0.5) is 11.5 Å². The fourth-order valence-corrected chi connectivity index (χ4v) is 3.51. The average molecular weight is 410 g/mol. The lowest BCUT2D eigenvalue weighted by Gasteiger charge is -2.30. The third-order valence-corrected chi connectivity index (χ3v) is 5.00. The number of nitrogen functional groups attached to an aromatic ring is 1. The van der Waals surface area contributed by atoms with Gasteiger partial charge in [0.25, 0.3) is 0 Å². The summed E-state index contributed by atoms with van der Waals surface area (Å²) >= 11 is 6.07. The molecule has 148 valence electrons. The van der Waals surface area contributed by atoms with Crippen molar-refractivity contribution >= 4 is 28.9 Å². The van der Waals surface area contributed by atoms with Crippen molar-refractivity contribution in [3.8, 4) is 11.3 Å². The second-order valence-electron chi connectivity index (χ2n) is 6.70. The first-order valence-corrected chi connectivity index (χ1v) is 9.67. The Balaban J connectivity index is 1.62. The molecule has 29 heavy (non-hydrogen) atoms. The van der Waals surface area contributed by atoms with Crippen molar-refractivity contribution in [2.24, 2.45) is 0 Å². The number of anilines is 2. The molecular weight excluding hydrogens is 390 g/mol. The lowest BCUT2D eigenvalue weighted by molar-refractivity contribution is 0.0988. The predicted molar refractivity (Wildman–Crippen MR) is 112 cm³/mol. The number of ether oxygens (including phenoxy) is 1. The molecule has 3 heterocycles. The molecule has 0 atom stereocenters. The van der Waals surface area contributed by atoms with E-state index in [2.05, 4.69) is 19.9 Å². The van der Waals surface area contributed by atoms with Gasteiger partial charge < -0.3 is 15.4 Å². The highest BCUT2D eigenvalue weighted by atomic mass is 35.5. The molecule has 2 aromatic heterocycles. The summed E-state index contributed by atoms with van der Waals surface area (Å²) in [5, 5.41) is 0.583. The van der Waals surface area contributed by atoms with Gasteiger partial charge >= 0.3 is 0 Å². The van der Waals surface area contributed by atoms with Gasteiger partial charge in [-0.3, -0.25) is 9.78 Å². The molecule has 8 heteroatoms. The molecule has 0 bridgehead atoms. The van der Waals surface area contributed by atoms with E-state index in [0.29, 0.717) is 23.9 Å². The number of ketones is 1. The summed E-state index contributed by atoms with van der Waals surface area (Å²) < 4.78 is 5.42. The number of nitrogens with zero attached hydrogens (tertiary/aromatic N) is 4. The summed E-state index contributed by atoms with van der Waals surface area (Å²) in [5.74, 6) is -0.0982.